The molecule has 0 saturated heterocycles. The maximum Gasteiger partial charge on any atom is 0.161 e. The lowest BCUT2D eigenvalue weighted by Gasteiger charge is -2.21. The van der Waals surface area contributed by atoms with Crippen molar-refractivity contribution in [3.8, 4) is 11.4 Å². The maximum atomic E-state index is 6.26. The van der Waals surface area contributed by atoms with Crippen molar-refractivity contribution in [3.63, 3.8) is 0 Å². The molecule has 2 rings (SSSR count). The number of benzene rings is 1. The Kier molecular flexibility index (Phi) is 4.22. The molecule has 0 spiro atoms. The molecule has 0 radical (unpaired) electrons. The number of hydrogen-bond acceptors (Lipinski definition) is 2. The van der Waals surface area contributed by atoms with Gasteiger partial charge in [-0.1, -0.05) is 56.1 Å². The molecule has 20 heavy (non-hydrogen) atoms. The zero-order valence-electron chi connectivity index (χ0n) is 12.4. The predicted molar refractivity (Wildman–Crippen MR) is 88.4 cm³/mol. The molecule has 2 nitrogen and oxygen atoms in total. The SMILES string of the molecule is Cc1ccc(-c2nc(Cl)c(Br)c(C(C)(C)C)n2)c(C)c1. The van der Waals surface area contributed by atoms with Gasteiger partial charge in [-0.3, -0.25) is 0 Å². The van der Waals surface area contributed by atoms with Crippen molar-refractivity contribution in [2.24, 2.45) is 0 Å². The second-order valence-corrected chi connectivity index (χ2v) is 7.22. The number of halogens is 2. The lowest BCUT2D eigenvalue weighted by Crippen LogP contribution is -2.16. The molecule has 2 aromatic rings. The third kappa shape index (κ3) is 3.04. The number of aromatic nitrogens is 2. The minimum absolute atomic E-state index is 0.0984. The summed E-state index contributed by atoms with van der Waals surface area (Å²) in [7, 11) is 0. The minimum Gasteiger partial charge on any atom is -0.231 e. The molecule has 4 heteroatoms. The number of aryl methyl sites for hydroxylation is 2. The lowest BCUT2D eigenvalue weighted by molar-refractivity contribution is 0.564. The summed E-state index contributed by atoms with van der Waals surface area (Å²) in [6, 6.07) is 6.25. The van der Waals surface area contributed by atoms with Gasteiger partial charge in [0.1, 0.15) is 5.15 Å². The standard InChI is InChI=1S/C16H18BrClN2/c1-9-6-7-11(10(2)8-9)15-19-13(16(3,4)5)12(17)14(18)20-15/h6-8H,1-5H3. The molecule has 1 aromatic carbocycles. The molecule has 0 N–H and O–H groups in total. The molecule has 0 aliphatic carbocycles. The Morgan fingerprint density at radius 3 is 2.30 bits per heavy atom. The van der Waals surface area contributed by atoms with E-state index in [2.05, 4.69) is 73.7 Å². The summed E-state index contributed by atoms with van der Waals surface area (Å²) in [6.45, 7) is 10.5. The van der Waals surface area contributed by atoms with Crippen molar-refractivity contribution in [2.45, 2.75) is 40.0 Å². The fourth-order valence-electron chi connectivity index (χ4n) is 2.10. The van der Waals surface area contributed by atoms with Crippen LogP contribution in [0.5, 0.6) is 0 Å². The van der Waals surface area contributed by atoms with E-state index in [1.54, 1.807) is 0 Å². The molecule has 0 aliphatic heterocycles. The van der Waals surface area contributed by atoms with Crippen LogP contribution in [0.1, 0.15) is 37.6 Å². The topological polar surface area (TPSA) is 25.8 Å². The van der Waals surface area contributed by atoms with Gasteiger partial charge in [0.25, 0.3) is 0 Å². The van der Waals surface area contributed by atoms with E-state index in [-0.39, 0.29) is 5.41 Å². The van der Waals surface area contributed by atoms with Gasteiger partial charge in [-0.2, -0.15) is 0 Å². The molecule has 0 unspecified atom stereocenters. The number of hydrogen-bond donors (Lipinski definition) is 0. The largest absolute Gasteiger partial charge is 0.231 e. The van der Waals surface area contributed by atoms with Gasteiger partial charge in [0, 0.05) is 11.0 Å². The first-order chi connectivity index (χ1) is 9.20. The first kappa shape index (κ1) is 15.5. The van der Waals surface area contributed by atoms with Gasteiger partial charge < -0.3 is 0 Å². The Balaban J connectivity index is 2.67. The van der Waals surface area contributed by atoms with E-state index in [0.29, 0.717) is 11.0 Å². The highest BCUT2D eigenvalue weighted by Crippen LogP contribution is 2.34. The Labute approximate surface area is 133 Å². The fraction of sp³-hybridized carbons (Fsp3) is 0.375. The van der Waals surface area contributed by atoms with Gasteiger partial charge in [0.2, 0.25) is 0 Å². The molecule has 1 aromatic heterocycles. The molecular weight excluding hydrogens is 336 g/mol. The predicted octanol–water partition coefficient (Wildman–Crippen LogP) is 5.47. The van der Waals surface area contributed by atoms with Crippen LogP contribution < -0.4 is 0 Å². The smallest absolute Gasteiger partial charge is 0.161 e. The van der Waals surface area contributed by atoms with Crippen LogP contribution in [0, 0.1) is 13.8 Å². The average Bonchev–Trinajstić information content (AvgIpc) is 2.31. The first-order valence-corrected chi connectivity index (χ1v) is 7.68. The zero-order valence-corrected chi connectivity index (χ0v) is 14.7. The Morgan fingerprint density at radius 1 is 1.10 bits per heavy atom. The normalized spacial score (nSPS) is 11.8. The summed E-state index contributed by atoms with van der Waals surface area (Å²) in [6.07, 6.45) is 0. The minimum atomic E-state index is -0.0984. The second-order valence-electron chi connectivity index (χ2n) is 6.07. The highest BCUT2D eigenvalue weighted by molar-refractivity contribution is 9.10. The summed E-state index contributed by atoms with van der Waals surface area (Å²) < 4.78 is 0.778. The van der Waals surface area contributed by atoms with E-state index in [4.69, 9.17) is 16.6 Å². The van der Waals surface area contributed by atoms with Crippen molar-refractivity contribution in [1.29, 1.82) is 0 Å². The van der Waals surface area contributed by atoms with Crippen molar-refractivity contribution in [2.75, 3.05) is 0 Å². The van der Waals surface area contributed by atoms with Gasteiger partial charge in [-0.05, 0) is 35.3 Å². The maximum absolute atomic E-state index is 6.26. The van der Waals surface area contributed by atoms with Gasteiger partial charge >= 0.3 is 0 Å². The van der Waals surface area contributed by atoms with Gasteiger partial charge in [-0.25, -0.2) is 9.97 Å². The highest BCUT2D eigenvalue weighted by Gasteiger charge is 2.23. The monoisotopic (exact) mass is 352 g/mol. The third-order valence-electron chi connectivity index (χ3n) is 3.14. The summed E-state index contributed by atoms with van der Waals surface area (Å²) >= 11 is 9.76. The van der Waals surface area contributed by atoms with Crippen LogP contribution in [0.3, 0.4) is 0 Å². The van der Waals surface area contributed by atoms with Crippen molar-refractivity contribution < 1.29 is 0 Å². The highest BCUT2D eigenvalue weighted by atomic mass is 79.9. The van der Waals surface area contributed by atoms with Crippen molar-refractivity contribution in [3.05, 3.63) is 44.6 Å². The van der Waals surface area contributed by atoms with Crippen LogP contribution in [-0.2, 0) is 5.41 Å². The van der Waals surface area contributed by atoms with Crippen LogP contribution in [0.25, 0.3) is 11.4 Å². The summed E-state index contributed by atoms with van der Waals surface area (Å²) in [5.41, 5.74) is 4.23. The summed E-state index contributed by atoms with van der Waals surface area (Å²) in [5, 5.41) is 0.458. The first-order valence-electron chi connectivity index (χ1n) is 6.51. The fourth-order valence-corrected chi connectivity index (χ4v) is 3.04. The van der Waals surface area contributed by atoms with Crippen LogP contribution in [0.4, 0.5) is 0 Å². The lowest BCUT2D eigenvalue weighted by atomic mass is 9.92. The number of rotatable bonds is 1. The van der Waals surface area contributed by atoms with Crippen molar-refractivity contribution >= 4 is 27.5 Å². The van der Waals surface area contributed by atoms with Gasteiger partial charge in [-0.15, -0.1) is 0 Å². The van der Waals surface area contributed by atoms with Gasteiger partial charge in [0.05, 0.1) is 10.2 Å². The molecule has 106 valence electrons. The third-order valence-corrected chi connectivity index (χ3v) is 4.40. The van der Waals surface area contributed by atoms with E-state index >= 15 is 0 Å². The van der Waals surface area contributed by atoms with Crippen LogP contribution in [-0.4, -0.2) is 9.97 Å². The molecule has 0 saturated carbocycles. The quantitative estimate of drug-likeness (QED) is 0.635. The van der Waals surface area contributed by atoms with Gasteiger partial charge in [0.15, 0.2) is 5.82 Å². The Hall–Kier alpha value is -0.930. The Morgan fingerprint density at radius 2 is 1.75 bits per heavy atom. The molecule has 0 fully saturated rings. The average molecular weight is 354 g/mol. The zero-order chi connectivity index (χ0) is 15.1. The molecular formula is C16H18BrClN2. The Bertz CT molecular complexity index is 660. The van der Waals surface area contributed by atoms with E-state index < -0.39 is 0 Å². The summed E-state index contributed by atoms with van der Waals surface area (Å²) in [4.78, 5) is 9.14. The van der Waals surface area contributed by atoms with E-state index in [0.717, 1.165) is 21.3 Å². The number of nitrogens with zero attached hydrogens (tertiary/aromatic N) is 2. The molecule has 0 aliphatic rings. The van der Waals surface area contributed by atoms with E-state index in [9.17, 15) is 0 Å². The van der Waals surface area contributed by atoms with Crippen LogP contribution >= 0.6 is 27.5 Å². The molecule has 0 amide bonds. The molecule has 1 heterocycles. The van der Waals surface area contributed by atoms with E-state index in [1.807, 2.05) is 0 Å². The van der Waals surface area contributed by atoms with Crippen molar-refractivity contribution in [1.82, 2.24) is 9.97 Å². The second kappa shape index (κ2) is 5.45. The molecule has 0 bridgehead atoms. The summed E-state index contributed by atoms with van der Waals surface area (Å²) in [5.74, 6) is 0.681. The molecule has 0 atom stereocenters. The van der Waals surface area contributed by atoms with Crippen LogP contribution in [0.2, 0.25) is 5.15 Å². The van der Waals surface area contributed by atoms with Crippen LogP contribution in [0.15, 0.2) is 22.7 Å². The van der Waals surface area contributed by atoms with E-state index in [1.165, 1.54) is 5.56 Å².